The van der Waals surface area contributed by atoms with E-state index >= 15 is 0 Å². The van der Waals surface area contributed by atoms with Gasteiger partial charge in [0.1, 0.15) is 0 Å². The van der Waals surface area contributed by atoms with E-state index in [1.54, 1.807) is 11.3 Å². The second-order valence-electron chi connectivity index (χ2n) is 5.40. The molecule has 0 bridgehead atoms. The fourth-order valence-electron chi connectivity index (χ4n) is 2.52. The van der Waals surface area contributed by atoms with Gasteiger partial charge in [-0.25, -0.2) is 4.98 Å². The molecule has 0 atom stereocenters. The quantitative estimate of drug-likeness (QED) is 0.607. The molecule has 0 saturated carbocycles. The number of thiazole rings is 1. The average Bonchev–Trinajstić information content (AvgIpc) is 3.21. The Morgan fingerprint density at radius 1 is 1.12 bits per heavy atom. The van der Waals surface area contributed by atoms with Crippen LogP contribution in [0.4, 0.5) is 0 Å². The zero-order chi connectivity index (χ0) is 16.4. The molecule has 6 nitrogen and oxygen atoms in total. The molecule has 0 fully saturated rings. The Morgan fingerprint density at radius 3 is 2.92 bits per heavy atom. The Hall–Kier alpha value is -2.80. The lowest BCUT2D eigenvalue weighted by Crippen LogP contribution is -2.24. The van der Waals surface area contributed by atoms with Crippen molar-refractivity contribution in [1.29, 1.82) is 0 Å². The molecular weight excluding hydrogens is 322 g/mol. The van der Waals surface area contributed by atoms with Crippen LogP contribution in [0.1, 0.15) is 17.3 Å². The van der Waals surface area contributed by atoms with E-state index in [2.05, 4.69) is 20.5 Å². The first-order valence-electron chi connectivity index (χ1n) is 7.69. The second kappa shape index (κ2) is 6.37. The highest BCUT2D eigenvalue weighted by Gasteiger charge is 2.09. The lowest BCUT2D eigenvalue weighted by Gasteiger charge is -2.03. The van der Waals surface area contributed by atoms with Crippen molar-refractivity contribution in [2.75, 3.05) is 0 Å². The molecule has 0 aliphatic rings. The van der Waals surface area contributed by atoms with Gasteiger partial charge in [-0.05, 0) is 24.3 Å². The highest BCUT2D eigenvalue weighted by atomic mass is 32.1. The number of benzene rings is 1. The number of hydrogen-bond acceptors (Lipinski definition) is 5. The number of amides is 1. The van der Waals surface area contributed by atoms with Crippen LogP contribution in [0.5, 0.6) is 0 Å². The van der Waals surface area contributed by atoms with Gasteiger partial charge in [-0.1, -0.05) is 18.2 Å². The maximum atomic E-state index is 12.1. The van der Waals surface area contributed by atoms with Gasteiger partial charge in [0, 0.05) is 19.0 Å². The summed E-state index contributed by atoms with van der Waals surface area (Å²) in [4.78, 5) is 16.6. The van der Waals surface area contributed by atoms with Gasteiger partial charge < -0.3 is 5.32 Å². The number of carbonyl (C=O) groups is 1. The van der Waals surface area contributed by atoms with Crippen molar-refractivity contribution in [3.05, 3.63) is 59.5 Å². The van der Waals surface area contributed by atoms with E-state index in [9.17, 15) is 4.79 Å². The summed E-state index contributed by atoms with van der Waals surface area (Å²) in [6, 6.07) is 13.7. The van der Waals surface area contributed by atoms with E-state index in [0.717, 1.165) is 26.7 Å². The SMILES string of the molecule is O=C(CCc1nc2ccccc2s1)NCc1nnc2ccccn12. The van der Waals surface area contributed by atoms with E-state index in [4.69, 9.17) is 0 Å². The van der Waals surface area contributed by atoms with E-state index in [0.29, 0.717) is 19.4 Å². The molecule has 1 N–H and O–H groups in total. The average molecular weight is 337 g/mol. The Morgan fingerprint density at radius 2 is 2.00 bits per heavy atom. The van der Waals surface area contributed by atoms with Crippen LogP contribution in [0, 0.1) is 0 Å². The molecule has 4 rings (SSSR count). The standard InChI is InChI=1S/C17H15N5OS/c23-16(8-9-17-19-12-5-1-2-6-13(12)24-17)18-11-15-21-20-14-7-3-4-10-22(14)15/h1-7,10H,8-9,11H2,(H,18,23). The predicted octanol–water partition coefficient (Wildman–Crippen LogP) is 2.59. The number of rotatable bonds is 5. The first-order valence-corrected chi connectivity index (χ1v) is 8.51. The topological polar surface area (TPSA) is 72.2 Å². The van der Waals surface area contributed by atoms with Crippen LogP contribution in [0.25, 0.3) is 15.9 Å². The summed E-state index contributed by atoms with van der Waals surface area (Å²) in [5, 5.41) is 12.1. The predicted molar refractivity (Wildman–Crippen MR) is 92.8 cm³/mol. The van der Waals surface area contributed by atoms with Gasteiger partial charge in [0.05, 0.1) is 21.8 Å². The van der Waals surface area contributed by atoms with Crippen LogP contribution in [0.15, 0.2) is 48.7 Å². The molecule has 0 spiro atoms. The van der Waals surface area contributed by atoms with Crippen molar-refractivity contribution in [2.24, 2.45) is 0 Å². The van der Waals surface area contributed by atoms with Crippen molar-refractivity contribution >= 4 is 33.1 Å². The third-order valence-electron chi connectivity index (χ3n) is 3.73. The first kappa shape index (κ1) is 14.8. The highest BCUT2D eigenvalue weighted by molar-refractivity contribution is 7.18. The fraction of sp³-hybridized carbons (Fsp3) is 0.176. The minimum Gasteiger partial charge on any atom is -0.349 e. The number of nitrogens with zero attached hydrogens (tertiary/aromatic N) is 4. The summed E-state index contributed by atoms with van der Waals surface area (Å²) in [6.45, 7) is 0.365. The monoisotopic (exact) mass is 337 g/mol. The van der Waals surface area contributed by atoms with Crippen LogP contribution in [-0.2, 0) is 17.8 Å². The molecule has 3 aromatic heterocycles. The molecule has 0 saturated heterocycles. The van der Waals surface area contributed by atoms with Crippen molar-refractivity contribution in [3.63, 3.8) is 0 Å². The molecule has 3 heterocycles. The molecule has 4 aromatic rings. The minimum absolute atomic E-state index is 0.0121. The number of carbonyl (C=O) groups excluding carboxylic acids is 1. The molecule has 0 unspecified atom stereocenters. The maximum absolute atomic E-state index is 12.1. The Kier molecular flexibility index (Phi) is 3.92. The molecule has 24 heavy (non-hydrogen) atoms. The third-order valence-corrected chi connectivity index (χ3v) is 4.83. The van der Waals surface area contributed by atoms with Gasteiger partial charge in [0.15, 0.2) is 11.5 Å². The van der Waals surface area contributed by atoms with Gasteiger partial charge in [-0.2, -0.15) is 0 Å². The number of pyridine rings is 1. The molecule has 0 radical (unpaired) electrons. The Bertz CT molecular complexity index is 973. The van der Waals surface area contributed by atoms with Crippen molar-refractivity contribution in [3.8, 4) is 0 Å². The van der Waals surface area contributed by atoms with Gasteiger partial charge in [-0.15, -0.1) is 21.5 Å². The lowest BCUT2D eigenvalue weighted by atomic mass is 10.3. The van der Waals surface area contributed by atoms with E-state index in [1.807, 2.05) is 53.1 Å². The summed E-state index contributed by atoms with van der Waals surface area (Å²) in [5.74, 6) is 0.709. The Balaban J connectivity index is 1.35. The number of aryl methyl sites for hydroxylation is 1. The fourth-order valence-corrected chi connectivity index (χ4v) is 3.49. The minimum atomic E-state index is -0.0121. The summed E-state index contributed by atoms with van der Waals surface area (Å²) in [5.41, 5.74) is 1.77. The van der Waals surface area contributed by atoms with Crippen LogP contribution < -0.4 is 5.32 Å². The van der Waals surface area contributed by atoms with Gasteiger partial charge in [0.25, 0.3) is 0 Å². The maximum Gasteiger partial charge on any atom is 0.220 e. The zero-order valence-corrected chi connectivity index (χ0v) is 13.7. The molecule has 120 valence electrons. The largest absolute Gasteiger partial charge is 0.349 e. The molecule has 0 aliphatic carbocycles. The third kappa shape index (κ3) is 2.98. The number of aromatic nitrogens is 4. The Labute approximate surface area is 142 Å². The van der Waals surface area contributed by atoms with Crippen LogP contribution in [-0.4, -0.2) is 25.5 Å². The van der Waals surface area contributed by atoms with Crippen LogP contribution in [0.2, 0.25) is 0 Å². The molecule has 1 amide bonds. The van der Waals surface area contributed by atoms with Crippen LogP contribution >= 0.6 is 11.3 Å². The van der Waals surface area contributed by atoms with Crippen LogP contribution in [0.3, 0.4) is 0 Å². The molecule has 0 aliphatic heterocycles. The second-order valence-corrected chi connectivity index (χ2v) is 6.51. The summed E-state index contributed by atoms with van der Waals surface area (Å²) in [7, 11) is 0. The number of hydrogen-bond donors (Lipinski definition) is 1. The number of para-hydroxylation sites is 1. The normalized spacial score (nSPS) is 11.2. The van der Waals surface area contributed by atoms with Gasteiger partial charge >= 0.3 is 0 Å². The smallest absolute Gasteiger partial charge is 0.220 e. The number of fused-ring (bicyclic) bond motifs is 2. The highest BCUT2D eigenvalue weighted by Crippen LogP contribution is 2.22. The van der Waals surface area contributed by atoms with Crippen molar-refractivity contribution in [2.45, 2.75) is 19.4 Å². The number of nitrogens with one attached hydrogen (secondary N) is 1. The van der Waals surface area contributed by atoms with Crippen molar-refractivity contribution in [1.82, 2.24) is 24.9 Å². The van der Waals surface area contributed by atoms with E-state index in [1.165, 1.54) is 0 Å². The molecule has 7 heteroatoms. The van der Waals surface area contributed by atoms with Gasteiger partial charge in [0.2, 0.25) is 5.91 Å². The van der Waals surface area contributed by atoms with Crippen molar-refractivity contribution < 1.29 is 4.79 Å². The molecular formula is C17H15N5OS. The molecule has 1 aromatic carbocycles. The summed E-state index contributed by atoms with van der Waals surface area (Å²) in [6.07, 6.45) is 2.94. The zero-order valence-electron chi connectivity index (χ0n) is 12.8. The lowest BCUT2D eigenvalue weighted by molar-refractivity contribution is -0.121. The first-order chi connectivity index (χ1) is 11.8. The summed E-state index contributed by atoms with van der Waals surface area (Å²) >= 11 is 1.64. The summed E-state index contributed by atoms with van der Waals surface area (Å²) < 4.78 is 3.02. The van der Waals surface area contributed by atoms with E-state index < -0.39 is 0 Å². The van der Waals surface area contributed by atoms with Gasteiger partial charge in [-0.3, -0.25) is 9.20 Å². The van der Waals surface area contributed by atoms with E-state index in [-0.39, 0.29) is 5.91 Å².